The van der Waals surface area contributed by atoms with Gasteiger partial charge in [-0.1, -0.05) is 12.1 Å². The lowest BCUT2D eigenvalue weighted by atomic mass is 10.0. The summed E-state index contributed by atoms with van der Waals surface area (Å²) in [6.45, 7) is 1.63. The number of benzene rings is 2. The van der Waals surface area contributed by atoms with E-state index < -0.39 is 5.82 Å². The summed E-state index contributed by atoms with van der Waals surface area (Å²) >= 11 is 0. The van der Waals surface area contributed by atoms with Crippen LogP contribution in [0.3, 0.4) is 0 Å². The number of hydrogen-bond donors (Lipinski definition) is 2. The molecule has 3 rings (SSSR count). The van der Waals surface area contributed by atoms with E-state index >= 15 is 0 Å². The molecule has 138 valence electrons. The SMILES string of the molecule is NCCc1ccc(Oc2ccc(F)c(C(=O)N3CCC[C@H](N)C3)c2)cc1. The molecule has 1 fully saturated rings. The van der Waals surface area contributed by atoms with Gasteiger partial charge in [0.05, 0.1) is 5.56 Å². The minimum Gasteiger partial charge on any atom is -0.457 e. The molecule has 0 bridgehead atoms. The molecule has 5 nitrogen and oxygen atoms in total. The third-order valence-corrected chi connectivity index (χ3v) is 4.51. The third-order valence-electron chi connectivity index (χ3n) is 4.51. The van der Waals surface area contributed by atoms with Crippen LogP contribution in [-0.2, 0) is 6.42 Å². The number of hydrogen-bond acceptors (Lipinski definition) is 4. The highest BCUT2D eigenvalue weighted by molar-refractivity contribution is 5.95. The second kappa shape index (κ2) is 8.29. The number of halogens is 1. The fourth-order valence-electron chi connectivity index (χ4n) is 3.12. The number of carbonyl (C=O) groups is 1. The average Bonchev–Trinajstić information content (AvgIpc) is 2.64. The highest BCUT2D eigenvalue weighted by atomic mass is 19.1. The lowest BCUT2D eigenvalue weighted by Crippen LogP contribution is -2.45. The molecule has 2 aromatic carbocycles. The molecule has 6 heteroatoms. The first-order chi connectivity index (χ1) is 12.6. The van der Waals surface area contributed by atoms with Crippen molar-refractivity contribution in [2.75, 3.05) is 19.6 Å². The number of rotatable bonds is 5. The summed E-state index contributed by atoms with van der Waals surface area (Å²) < 4.78 is 20.0. The van der Waals surface area contributed by atoms with E-state index in [1.54, 1.807) is 4.90 Å². The van der Waals surface area contributed by atoms with Gasteiger partial charge in [0.25, 0.3) is 5.91 Å². The van der Waals surface area contributed by atoms with E-state index in [0.29, 0.717) is 31.1 Å². The standard InChI is InChI=1S/C20H24FN3O2/c21-19-8-7-17(26-16-5-3-14(4-6-16)9-10-22)12-18(19)20(25)24-11-1-2-15(23)13-24/h3-8,12,15H,1-2,9-11,13,22-23H2/t15-/m0/s1. The summed E-state index contributed by atoms with van der Waals surface area (Å²) in [6.07, 6.45) is 2.52. The van der Waals surface area contributed by atoms with Crippen LogP contribution in [0.4, 0.5) is 4.39 Å². The van der Waals surface area contributed by atoms with Gasteiger partial charge < -0.3 is 21.1 Å². The molecule has 1 saturated heterocycles. The molecule has 1 aliphatic heterocycles. The van der Waals surface area contributed by atoms with Crippen molar-refractivity contribution in [2.45, 2.75) is 25.3 Å². The van der Waals surface area contributed by atoms with Crippen LogP contribution in [-0.4, -0.2) is 36.5 Å². The van der Waals surface area contributed by atoms with Gasteiger partial charge in [0.1, 0.15) is 17.3 Å². The van der Waals surface area contributed by atoms with Gasteiger partial charge in [0.15, 0.2) is 0 Å². The van der Waals surface area contributed by atoms with E-state index in [0.717, 1.165) is 24.8 Å². The van der Waals surface area contributed by atoms with Crippen molar-refractivity contribution in [3.63, 3.8) is 0 Å². The summed E-state index contributed by atoms with van der Waals surface area (Å²) in [4.78, 5) is 14.3. The molecule has 26 heavy (non-hydrogen) atoms. The number of nitrogens with two attached hydrogens (primary N) is 2. The largest absolute Gasteiger partial charge is 0.457 e. The van der Waals surface area contributed by atoms with Crippen LogP contribution in [0.2, 0.25) is 0 Å². The molecule has 0 aromatic heterocycles. The Labute approximate surface area is 152 Å². The van der Waals surface area contributed by atoms with E-state index in [9.17, 15) is 9.18 Å². The number of ether oxygens (including phenoxy) is 1. The molecule has 0 aliphatic carbocycles. The highest BCUT2D eigenvalue weighted by Gasteiger charge is 2.24. The molecule has 4 N–H and O–H groups in total. The van der Waals surface area contributed by atoms with Crippen LogP contribution in [0.25, 0.3) is 0 Å². The van der Waals surface area contributed by atoms with Gasteiger partial charge in [-0.15, -0.1) is 0 Å². The maximum absolute atomic E-state index is 14.2. The van der Waals surface area contributed by atoms with Crippen molar-refractivity contribution in [2.24, 2.45) is 11.5 Å². The Morgan fingerprint density at radius 1 is 1.19 bits per heavy atom. The molecule has 0 spiro atoms. The highest BCUT2D eigenvalue weighted by Crippen LogP contribution is 2.25. The zero-order chi connectivity index (χ0) is 18.5. The van der Waals surface area contributed by atoms with Gasteiger partial charge in [-0.25, -0.2) is 4.39 Å². The van der Waals surface area contributed by atoms with Gasteiger partial charge in [-0.3, -0.25) is 4.79 Å². The van der Waals surface area contributed by atoms with Crippen molar-refractivity contribution in [3.8, 4) is 11.5 Å². The number of nitrogens with zero attached hydrogens (tertiary/aromatic N) is 1. The second-order valence-electron chi connectivity index (χ2n) is 6.58. The lowest BCUT2D eigenvalue weighted by molar-refractivity contribution is 0.0703. The number of carbonyl (C=O) groups excluding carboxylic acids is 1. The predicted octanol–water partition coefficient (Wildman–Crippen LogP) is 2.68. The maximum atomic E-state index is 14.2. The minimum atomic E-state index is -0.556. The minimum absolute atomic E-state index is 0.0105. The van der Waals surface area contributed by atoms with Gasteiger partial charge in [0, 0.05) is 19.1 Å². The van der Waals surface area contributed by atoms with Crippen molar-refractivity contribution in [3.05, 3.63) is 59.4 Å². The zero-order valence-corrected chi connectivity index (χ0v) is 14.7. The second-order valence-corrected chi connectivity index (χ2v) is 6.58. The molecule has 0 unspecified atom stereocenters. The van der Waals surface area contributed by atoms with E-state index in [4.69, 9.17) is 16.2 Å². The topological polar surface area (TPSA) is 81.6 Å². The van der Waals surface area contributed by atoms with E-state index in [2.05, 4.69) is 0 Å². The Bertz CT molecular complexity index is 764. The molecule has 2 aromatic rings. The summed E-state index contributed by atoms with van der Waals surface area (Å²) in [5.41, 5.74) is 12.6. The number of amides is 1. The Hall–Kier alpha value is -2.44. The third kappa shape index (κ3) is 4.39. The van der Waals surface area contributed by atoms with E-state index in [1.165, 1.54) is 18.2 Å². The Morgan fingerprint density at radius 3 is 2.62 bits per heavy atom. The molecular formula is C20H24FN3O2. The average molecular weight is 357 g/mol. The van der Waals surface area contributed by atoms with Crippen molar-refractivity contribution >= 4 is 5.91 Å². The molecule has 1 heterocycles. The van der Waals surface area contributed by atoms with Crippen molar-refractivity contribution in [1.29, 1.82) is 0 Å². The fourth-order valence-corrected chi connectivity index (χ4v) is 3.12. The van der Waals surface area contributed by atoms with Gasteiger partial charge in [0.2, 0.25) is 0 Å². The first-order valence-electron chi connectivity index (χ1n) is 8.88. The van der Waals surface area contributed by atoms with Gasteiger partial charge in [-0.05, 0) is 61.7 Å². The molecular weight excluding hydrogens is 333 g/mol. The van der Waals surface area contributed by atoms with Crippen LogP contribution in [0.5, 0.6) is 11.5 Å². The van der Waals surface area contributed by atoms with E-state index in [1.807, 2.05) is 24.3 Å². The summed E-state index contributed by atoms with van der Waals surface area (Å²) in [7, 11) is 0. The summed E-state index contributed by atoms with van der Waals surface area (Å²) in [5.74, 6) is 0.139. The van der Waals surface area contributed by atoms with Crippen LogP contribution in [0.15, 0.2) is 42.5 Å². The first kappa shape index (κ1) is 18.4. The maximum Gasteiger partial charge on any atom is 0.257 e. The predicted molar refractivity (Wildman–Crippen MR) is 98.8 cm³/mol. The monoisotopic (exact) mass is 357 g/mol. The lowest BCUT2D eigenvalue weighted by Gasteiger charge is -2.31. The number of piperidine rings is 1. The molecule has 1 atom stereocenters. The van der Waals surface area contributed by atoms with Crippen molar-refractivity contribution in [1.82, 2.24) is 4.90 Å². The zero-order valence-electron chi connectivity index (χ0n) is 14.7. The van der Waals surface area contributed by atoms with Gasteiger partial charge >= 0.3 is 0 Å². The Morgan fingerprint density at radius 2 is 1.92 bits per heavy atom. The Balaban J connectivity index is 1.75. The summed E-state index contributed by atoms with van der Waals surface area (Å²) in [6, 6.07) is 11.7. The normalized spacial score (nSPS) is 17.2. The van der Waals surface area contributed by atoms with Crippen LogP contribution < -0.4 is 16.2 Å². The molecule has 0 radical (unpaired) electrons. The van der Waals surface area contributed by atoms with Crippen molar-refractivity contribution < 1.29 is 13.9 Å². The van der Waals surface area contributed by atoms with Crippen LogP contribution in [0.1, 0.15) is 28.8 Å². The number of likely N-dealkylation sites (tertiary alicyclic amines) is 1. The Kier molecular flexibility index (Phi) is 5.85. The van der Waals surface area contributed by atoms with Crippen LogP contribution in [0, 0.1) is 5.82 Å². The quantitative estimate of drug-likeness (QED) is 0.862. The fraction of sp³-hybridized carbons (Fsp3) is 0.350. The summed E-state index contributed by atoms with van der Waals surface area (Å²) in [5, 5.41) is 0. The van der Waals surface area contributed by atoms with E-state index in [-0.39, 0.29) is 17.5 Å². The first-order valence-corrected chi connectivity index (χ1v) is 8.88. The van der Waals surface area contributed by atoms with Crippen LogP contribution >= 0.6 is 0 Å². The molecule has 1 aliphatic rings. The molecule has 0 saturated carbocycles. The van der Waals surface area contributed by atoms with Gasteiger partial charge in [-0.2, -0.15) is 0 Å². The smallest absolute Gasteiger partial charge is 0.257 e. The molecule has 1 amide bonds.